The number of rotatable bonds is 9. The van der Waals surface area contributed by atoms with Gasteiger partial charge >= 0.3 is 0 Å². The van der Waals surface area contributed by atoms with Crippen LogP contribution in [-0.4, -0.2) is 83.2 Å². The third kappa shape index (κ3) is 7.38. The van der Waals surface area contributed by atoms with Gasteiger partial charge in [-0.05, 0) is 73.5 Å². The number of anilines is 3. The summed E-state index contributed by atoms with van der Waals surface area (Å²) in [6, 6.07) is 23.1. The zero-order chi connectivity index (χ0) is 31.9. The molecule has 4 N–H and O–H groups in total. The van der Waals surface area contributed by atoms with E-state index in [4.69, 9.17) is 15.2 Å². The number of carbonyl (C=O) groups excluding carboxylic acids is 3. The number of piperidine rings is 1. The second-order valence-corrected chi connectivity index (χ2v) is 11.0. The molecular formula is C33H34N8O5. The Morgan fingerprint density at radius 2 is 1.54 bits per heavy atom. The van der Waals surface area contributed by atoms with Crippen molar-refractivity contribution in [2.45, 2.75) is 18.9 Å². The highest BCUT2D eigenvalue weighted by molar-refractivity contribution is 5.97. The lowest BCUT2D eigenvalue weighted by molar-refractivity contribution is 0.0303. The first kappa shape index (κ1) is 30.5. The van der Waals surface area contributed by atoms with Crippen LogP contribution in [0.3, 0.4) is 0 Å². The van der Waals surface area contributed by atoms with Gasteiger partial charge in [0.2, 0.25) is 5.95 Å². The van der Waals surface area contributed by atoms with Crippen LogP contribution in [0.25, 0.3) is 0 Å². The normalized spacial score (nSPS) is 16.4. The predicted octanol–water partition coefficient (Wildman–Crippen LogP) is 3.38. The zero-order valence-electron chi connectivity index (χ0n) is 25.1. The molecule has 3 aromatic carbocycles. The molecule has 46 heavy (non-hydrogen) atoms. The standard InChI is InChI=1S/C33H34N8O5/c34-29(42)28-30(35-24-12-8-23(9-13-24)32(44)40-17-19-45-20-18-40)37-33(39-38-28)41-16-4-5-25(21-41)36-31(43)22-10-14-27(15-11-22)46-26-6-2-1-3-7-26/h1-3,6-15,25H,4-5,16-21H2,(H2,34,42)(H,36,43)(H,35,37,39). The van der Waals surface area contributed by atoms with E-state index in [1.807, 2.05) is 35.2 Å². The van der Waals surface area contributed by atoms with Gasteiger partial charge in [-0.25, -0.2) is 0 Å². The first-order chi connectivity index (χ1) is 22.4. The maximum atomic E-state index is 13.1. The number of nitrogens with zero attached hydrogens (tertiary/aromatic N) is 5. The van der Waals surface area contributed by atoms with E-state index >= 15 is 0 Å². The fourth-order valence-electron chi connectivity index (χ4n) is 5.33. The van der Waals surface area contributed by atoms with Crippen LogP contribution in [-0.2, 0) is 4.74 Å². The minimum Gasteiger partial charge on any atom is -0.457 e. The molecule has 3 amide bonds. The quantitative estimate of drug-likeness (QED) is 0.252. The van der Waals surface area contributed by atoms with Crippen molar-refractivity contribution >= 4 is 35.2 Å². The van der Waals surface area contributed by atoms with E-state index < -0.39 is 5.91 Å². The second-order valence-electron chi connectivity index (χ2n) is 11.0. The van der Waals surface area contributed by atoms with E-state index in [2.05, 4.69) is 25.8 Å². The number of primary amides is 1. The zero-order valence-corrected chi connectivity index (χ0v) is 25.1. The third-order valence-corrected chi connectivity index (χ3v) is 7.74. The molecule has 2 fully saturated rings. The summed E-state index contributed by atoms with van der Waals surface area (Å²) in [4.78, 5) is 46.3. The van der Waals surface area contributed by atoms with Crippen LogP contribution in [0.1, 0.15) is 44.0 Å². The highest BCUT2D eigenvalue weighted by atomic mass is 16.5. The molecule has 2 aliphatic rings. The van der Waals surface area contributed by atoms with Gasteiger partial charge in [0, 0.05) is 49.0 Å². The van der Waals surface area contributed by atoms with Crippen LogP contribution in [0, 0.1) is 0 Å². The highest BCUT2D eigenvalue weighted by Crippen LogP contribution is 2.24. The fraction of sp³-hybridized carbons (Fsp3) is 0.273. The first-order valence-electron chi connectivity index (χ1n) is 15.1. The number of aromatic nitrogens is 3. The van der Waals surface area contributed by atoms with Crippen molar-refractivity contribution in [3.8, 4) is 11.5 Å². The third-order valence-electron chi connectivity index (χ3n) is 7.74. The van der Waals surface area contributed by atoms with Gasteiger partial charge in [-0.15, -0.1) is 10.2 Å². The lowest BCUT2D eigenvalue weighted by atomic mass is 10.1. The molecule has 4 aromatic rings. The average Bonchev–Trinajstić information content (AvgIpc) is 3.09. The van der Waals surface area contributed by atoms with E-state index in [0.717, 1.165) is 18.6 Å². The summed E-state index contributed by atoms with van der Waals surface area (Å²) in [5, 5.41) is 14.4. The molecule has 2 aliphatic heterocycles. The summed E-state index contributed by atoms with van der Waals surface area (Å²) < 4.78 is 11.2. The van der Waals surface area contributed by atoms with Crippen LogP contribution in [0.2, 0.25) is 0 Å². The molecule has 1 aromatic heterocycles. The van der Waals surface area contributed by atoms with Crippen LogP contribution < -0.4 is 26.0 Å². The molecule has 236 valence electrons. The van der Waals surface area contributed by atoms with E-state index in [-0.39, 0.29) is 29.4 Å². The summed E-state index contributed by atoms with van der Waals surface area (Å²) >= 11 is 0. The van der Waals surface area contributed by atoms with E-state index in [0.29, 0.717) is 67.9 Å². The number of hydrogen-bond donors (Lipinski definition) is 3. The molecular weight excluding hydrogens is 588 g/mol. The Morgan fingerprint density at radius 3 is 2.26 bits per heavy atom. The molecule has 1 unspecified atom stereocenters. The predicted molar refractivity (Wildman–Crippen MR) is 170 cm³/mol. The molecule has 0 aliphatic carbocycles. The SMILES string of the molecule is NC(=O)c1nnc(N2CCCC(NC(=O)c3ccc(Oc4ccccc4)cc3)C2)nc1Nc1ccc(C(=O)N2CCOCC2)cc1. The maximum absolute atomic E-state index is 13.1. The molecule has 3 heterocycles. The van der Waals surface area contributed by atoms with E-state index in [1.165, 1.54) is 0 Å². The van der Waals surface area contributed by atoms with Crippen LogP contribution in [0.5, 0.6) is 11.5 Å². The van der Waals surface area contributed by atoms with E-state index in [1.54, 1.807) is 53.4 Å². The van der Waals surface area contributed by atoms with Gasteiger partial charge in [0.1, 0.15) is 11.5 Å². The molecule has 2 saturated heterocycles. The Hall–Kier alpha value is -5.56. The number of carbonyl (C=O) groups is 3. The molecule has 0 spiro atoms. The largest absolute Gasteiger partial charge is 0.457 e. The van der Waals surface area contributed by atoms with Crippen molar-refractivity contribution in [3.63, 3.8) is 0 Å². The second kappa shape index (κ2) is 14.0. The number of para-hydroxylation sites is 1. The summed E-state index contributed by atoms with van der Waals surface area (Å²) in [7, 11) is 0. The number of morpholine rings is 1. The lowest BCUT2D eigenvalue weighted by Gasteiger charge is -2.33. The number of nitrogens with two attached hydrogens (primary N) is 1. The van der Waals surface area contributed by atoms with Crippen LogP contribution in [0.15, 0.2) is 78.9 Å². The Balaban J connectivity index is 1.10. The van der Waals surface area contributed by atoms with Crippen LogP contribution >= 0.6 is 0 Å². The van der Waals surface area contributed by atoms with Gasteiger partial charge in [0.05, 0.1) is 13.2 Å². The van der Waals surface area contributed by atoms with Gasteiger partial charge < -0.3 is 35.6 Å². The average molecular weight is 623 g/mol. The summed E-state index contributed by atoms with van der Waals surface area (Å²) in [6.45, 7) is 3.24. The highest BCUT2D eigenvalue weighted by Gasteiger charge is 2.26. The van der Waals surface area contributed by atoms with Gasteiger partial charge in [-0.2, -0.15) is 4.98 Å². The Labute approximate surface area is 265 Å². The number of ether oxygens (including phenoxy) is 2. The summed E-state index contributed by atoms with van der Waals surface area (Å²) in [6.07, 6.45) is 1.57. The fourth-order valence-corrected chi connectivity index (χ4v) is 5.33. The molecule has 13 heteroatoms. The van der Waals surface area contributed by atoms with E-state index in [9.17, 15) is 14.4 Å². The number of benzene rings is 3. The molecule has 0 radical (unpaired) electrons. The minimum atomic E-state index is -0.780. The van der Waals surface area contributed by atoms with Gasteiger partial charge in [-0.1, -0.05) is 18.2 Å². The Morgan fingerprint density at radius 1 is 0.848 bits per heavy atom. The van der Waals surface area contributed by atoms with Crippen molar-refractivity contribution in [2.24, 2.45) is 5.73 Å². The molecule has 0 saturated carbocycles. The van der Waals surface area contributed by atoms with Crippen molar-refractivity contribution in [2.75, 3.05) is 49.6 Å². The van der Waals surface area contributed by atoms with Crippen molar-refractivity contribution < 1.29 is 23.9 Å². The first-order valence-corrected chi connectivity index (χ1v) is 15.1. The molecule has 1 atom stereocenters. The number of amides is 3. The van der Waals surface area contributed by atoms with Crippen LogP contribution in [0.4, 0.5) is 17.5 Å². The summed E-state index contributed by atoms with van der Waals surface area (Å²) in [5.41, 5.74) is 7.12. The Bertz CT molecular complexity index is 1680. The number of hydrogen-bond acceptors (Lipinski definition) is 10. The molecule has 13 nitrogen and oxygen atoms in total. The topological polar surface area (TPSA) is 165 Å². The number of nitrogens with one attached hydrogen (secondary N) is 2. The van der Waals surface area contributed by atoms with Gasteiger partial charge in [-0.3, -0.25) is 14.4 Å². The smallest absolute Gasteiger partial charge is 0.273 e. The minimum absolute atomic E-state index is 0.0699. The molecule has 6 rings (SSSR count). The van der Waals surface area contributed by atoms with Crippen molar-refractivity contribution in [3.05, 3.63) is 95.7 Å². The van der Waals surface area contributed by atoms with Gasteiger partial charge in [0.15, 0.2) is 11.5 Å². The molecule has 0 bridgehead atoms. The lowest BCUT2D eigenvalue weighted by Crippen LogP contribution is -2.48. The van der Waals surface area contributed by atoms with Crippen molar-refractivity contribution in [1.82, 2.24) is 25.4 Å². The summed E-state index contributed by atoms with van der Waals surface area (Å²) in [5.74, 6) is 0.754. The van der Waals surface area contributed by atoms with Gasteiger partial charge in [0.25, 0.3) is 17.7 Å². The maximum Gasteiger partial charge on any atom is 0.273 e. The monoisotopic (exact) mass is 622 g/mol. The Kier molecular flexibility index (Phi) is 9.29. The van der Waals surface area contributed by atoms with Crippen molar-refractivity contribution in [1.29, 1.82) is 0 Å².